The van der Waals surface area contributed by atoms with E-state index in [4.69, 9.17) is 16.3 Å². The Labute approximate surface area is 108 Å². The molecule has 0 spiro atoms. The molecule has 0 aliphatic carbocycles. The van der Waals surface area contributed by atoms with Gasteiger partial charge in [0.1, 0.15) is 5.75 Å². The minimum atomic E-state index is 0.443. The van der Waals surface area contributed by atoms with Gasteiger partial charge in [0, 0.05) is 28.5 Å². The molecule has 1 aliphatic heterocycles. The number of hydrogen-bond donors (Lipinski definition) is 0. The van der Waals surface area contributed by atoms with Gasteiger partial charge in [-0.1, -0.05) is 11.6 Å². The summed E-state index contributed by atoms with van der Waals surface area (Å²) in [5, 5.41) is 2.51. The number of thiophene rings is 1. The van der Waals surface area contributed by atoms with Crippen molar-refractivity contribution >= 4 is 29.2 Å². The van der Waals surface area contributed by atoms with Crippen molar-refractivity contribution in [1.29, 1.82) is 0 Å². The van der Waals surface area contributed by atoms with Gasteiger partial charge >= 0.3 is 0 Å². The van der Waals surface area contributed by atoms with Crippen molar-refractivity contribution < 1.29 is 9.53 Å². The molecule has 0 saturated heterocycles. The van der Waals surface area contributed by atoms with Crippen LogP contribution in [0.4, 0.5) is 0 Å². The van der Waals surface area contributed by atoms with Gasteiger partial charge in [-0.05, 0) is 23.1 Å². The number of fused-ring (bicyclic) bond motifs is 3. The van der Waals surface area contributed by atoms with Crippen molar-refractivity contribution in [3.8, 4) is 16.2 Å². The summed E-state index contributed by atoms with van der Waals surface area (Å²) in [6.07, 6.45) is 1.67. The normalized spacial score (nSPS) is 13.2. The van der Waals surface area contributed by atoms with Gasteiger partial charge in [0.15, 0.2) is 6.29 Å². The van der Waals surface area contributed by atoms with E-state index in [-0.39, 0.29) is 0 Å². The molecule has 4 heteroatoms. The van der Waals surface area contributed by atoms with Crippen molar-refractivity contribution in [2.45, 2.75) is 6.42 Å². The van der Waals surface area contributed by atoms with Gasteiger partial charge in [-0.2, -0.15) is 0 Å². The van der Waals surface area contributed by atoms with Crippen LogP contribution in [0.15, 0.2) is 23.6 Å². The standard InChI is InChI=1S/C13H9ClO2S/c14-11-6-12-10(5-9(11)7-15)13-8(1-3-16-12)2-4-17-13/h2,4-7H,1,3H2. The first kappa shape index (κ1) is 10.8. The van der Waals surface area contributed by atoms with Crippen LogP contribution in [-0.2, 0) is 6.42 Å². The number of carbonyl (C=O) groups excluding carboxylic acids is 1. The molecule has 86 valence electrons. The van der Waals surface area contributed by atoms with E-state index in [1.165, 1.54) is 10.4 Å². The van der Waals surface area contributed by atoms with Crippen molar-refractivity contribution in [3.05, 3.63) is 39.7 Å². The molecule has 2 nitrogen and oxygen atoms in total. The third-order valence-electron chi connectivity index (χ3n) is 2.85. The third-order valence-corrected chi connectivity index (χ3v) is 4.16. The third kappa shape index (κ3) is 1.75. The summed E-state index contributed by atoms with van der Waals surface area (Å²) in [7, 11) is 0. The average Bonchev–Trinajstić information content (AvgIpc) is 2.72. The van der Waals surface area contributed by atoms with Crippen LogP contribution in [0.2, 0.25) is 5.02 Å². The number of hydrogen-bond acceptors (Lipinski definition) is 3. The highest BCUT2D eigenvalue weighted by Crippen LogP contribution is 2.41. The van der Waals surface area contributed by atoms with Gasteiger partial charge in [0.05, 0.1) is 11.6 Å². The highest BCUT2D eigenvalue weighted by Gasteiger charge is 2.18. The molecule has 17 heavy (non-hydrogen) atoms. The summed E-state index contributed by atoms with van der Waals surface area (Å²) < 4.78 is 5.68. The van der Waals surface area contributed by atoms with Gasteiger partial charge < -0.3 is 4.74 Å². The van der Waals surface area contributed by atoms with E-state index in [9.17, 15) is 4.79 Å². The molecule has 0 radical (unpaired) electrons. The zero-order chi connectivity index (χ0) is 11.8. The fourth-order valence-corrected chi connectivity index (χ4v) is 3.17. The van der Waals surface area contributed by atoms with Gasteiger partial charge in [-0.3, -0.25) is 4.79 Å². The predicted octanol–water partition coefficient (Wildman–Crippen LogP) is 3.82. The first-order valence-electron chi connectivity index (χ1n) is 5.28. The lowest BCUT2D eigenvalue weighted by Gasteiger charge is -2.08. The van der Waals surface area contributed by atoms with Gasteiger partial charge in [0.2, 0.25) is 0 Å². The summed E-state index contributed by atoms with van der Waals surface area (Å²) in [5.74, 6) is 0.766. The summed E-state index contributed by atoms with van der Waals surface area (Å²) in [6, 6.07) is 5.65. The highest BCUT2D eigenvalue weighted by molar-refractivity contribution is 7.13. The van der Waals surface area contributed by atoms with Gasteiger partial charge in [-0.15, -0.1) is 11.3 Å². The second-order valence-electron chi connectivity index (χ2n) is 3.86. The molecule has 1 aliphatic rings. The largest absolute Gasteiger partial charge is 0.493 e. The molecule has 0 saturated carbocycles. The molecular weight excluding hydrogens is 256 g/mol. The number of ether oxygens (including phenoxy) is 1. The van der Waals surface area contributed by atoms with Crippen LogP contribution < -0.4 is 4.74 Å². The van der Waals surface area contributed by atoms with Crippen LogP contribution in [0, 0.1) is 0 Å². The van der Waals surface area contributed by atoms with E-state index in [1.807, 2.05) is 6.07 Å². The lowest BCUT2D eigenvalue weighted by molar-refractivity contribution is 0.112. The number of aldehydes is 1. The maximum Gasteiger partial charge on any atom is 0.151 e. The Bertz CT molecular complexity index is 589. The number of rotatable bonds is 1. The minimum Gasteiger partial charge on any atom is -0.493 e. The van der Waals surface area contributed by atoms with Gasteiger partial charge in [0.25, 0.3) is 0 Å². The monoisotopic (exact) mass is 264 g/mol. The van der Waals surface area contributed by atoms with Crippen molar-refractivity contribution in [2.75, 3.05) is 6.61 Å². The second kappa shape index (κ2) is 4.17. The zero-order valence-electron chi connectivity index (χ0n) is 8.90. The van der Waals surface area contributed by atoms with Crippen LogP contribution in [0.3, 0.4) is 0 Å². The molecule has 0 N–H and O–H groups in total. The van der Waals surface area contributed by atoms with Gasteiger partial charge in [-0.25, -0.2) is 0 Å². The smallest absolute Gasteiger partial charge is 0.151 e. The molecule has 0 bridgehead atoms. The zero-order valence-corrected chi connectivity index (χ0v) is 10.5. The Balaban J connectivity index is 2.27. The van der Waals surface area contributed by atoms with Crippen LogP contribution in [0.1, 0.15) is 15.9 Å². The Morgan fingerprint density at radius 2 is 2.29 bits per heavy atom. The Morgan fingerprint density at radius 1 is 1.41 bits per heavy atom. The van der Waals surface area contributed by atoms with E-state index in [1.54, 1.807) is 17.4 Å². The van der Waals surface area contributed by atoms with E-state index in [0.29, 0.717) is 17.2 Å². The number of carbonyl (C=O) groups is 1. The van der Waals surface area contributed by atoms with Crippen LogP contribution in [0.5, 0.6) is 5.75 Å². The van der Waals surface area contributed by atoms with Crippen LogP contribution >= 0.6 is 22.9 Å². The molecule has 0 fully saturated rings. The lowest BCUT2D eigenvalue weighted by atomic mass is 10.1. The van der Waals surface area contributed by atoms with E-state index < -0.39 is 0 Å². The van der Waals surface area contributed by atoms with Crippen LogP contribution in [0.25, 0.3) is 10.4 Å². The minimum absolute atomic E-state index is 0.443. The highest BCUT2D eigenvalue weighted by atomic mass is 35.5. The van der Waals surface area contributed by atoms with Crippen molar-refractivity contribution in [1.82, 2.24) is 0 Å². The lowest BCUT2D eigenvalue weighted by Crippen LogP contribution is -1.98. The average molecular weight is 265 g/mol. The number of halogens is 1. The Kier molecular flexibility index (Phi) is 2.65. The molecular formula is C13H9ClO2S. The Morgan fingerprint density at radius 3 is 3.12 bits per heavy atom. The summed E-state index contributed by atoms with van der Waals surface area (Å²) >= 11 is 7.68. The predicted molar refractivity (Wildman–Crippen MR) is 69.4 cm³/mol. The van der Waals surface area contributed by atoms with Crippen molar-refractivity contribution in [2.24, 2.45) is 0 Å². The first-order valence-corrected chi connectivity index (χ1v) is 6.53. The molecule has 0 atom stereocenters. The maximum absolute atomic E-state index is 10.9. The van der Waals surface area contributed by atoms with E-state index in [2.05, 4.69) is 11.4 Å². The maximum atomic E-state index is 10.9. The first-order chi connectivity index (χ1) is 8.29. The van der Waals surface area contributed by atoms with E-state index >= 15 is 0 Å². The SMILES string of the molecule is O=Cc1cc2c(cc1Cl)OCCc1ccsc1-2. The molecule has 3 rings (SSSR count). The fourth-order valence-electron chi connectivity index (χ4n) is 2.00. The molecule has 1 aromatic heterocycles. The Hall–Kier alpha value is -1.32. The quantitative estimate of drug-likeness (QED) is 0.732. The topological polar surface area (TPSA) is 26.3 Å². The molecule has 0 amide bonds. The van der Waals surface area contributed by atoms with Crippen molar-refractivity contribution in [3.63, 3.8) is 0 Å². The number of benzene rings is 1. The summed E-state index contributed by atoms with van der Waals surface area (Å²) in [4.78, 5) is 12.1. The molecule has 2 aromatic rings. The fraction of sp³-hybridized carbons (Fsp3) is 0.154. The van der Waals surface area contributed by atoms with Crippen LogP contribution in [-0.4, -0.2) is 12.9 Å². The summed E-state index contributed by atoms with van der Waals surface area (Å²) in [6.45, 7) is 0.646. The molecule has 2 heterocycles. The van der Waals surface area contributed by atoms with E-state index in [0.717, 1.165) is 24.0 Å². The summed E-state index contributed by atoms with van der Waals surface area (Å²) in [5.41, 5.74) is 2.75. The molecule has 0 unspecified atom stereocenters. The molecule has 1 aromatic carbocycles. The second-order valence-corrected chi connectivity index (χ2v) is 5.18.